The summed E-state index contributed by atoms with van der Waals surface area (Å²) in [5.41, 5.74) is 4.41. The van der Waals surface area contributed by atoms with Gasteiger partial charge in [0.05, 0.1) is 5.69 Å². The number of para-hydroxylation sites is 1. The van der Waals surface area contributed by atoms with Crippen molar-refractivity contribution < 1.29 is 23.1 Å². The van der Waals surface area contributed by atoms with E-state index >= 15 is 0 Å². The largest absolute Gasteiger partial charge is 0.490 e. The summed E-state index contributed by atoms with van der Waals surface area (Å²) < 4.78 is 33.9. The SMILES string of the molecule is Cc1cccc(-c2nnc3n2-c2ccccc2CCC3)n1.O=C(O)C(F)(F)F. The molecule has 0 bridgehead atoms. The number of alkyl halides is 3. The minimum Gasteiger partial charge on any atom is -0.475 e. The number of aromatic nitrogens is 4. The topological polar surface area (TPSA) is 80.9 Å². The summed E-state index contributed by atoms with van der Waals surface area (Å²) in [6.45, 7) is 2.00. The number of pyridine rings is 1. The molecule has 3 heterocycles. The maximum absolute atomic E-state index is 10.6. The molecule has 1 aromatic carbocycles. The van der Waals surface area contributed by atoms with E-state index in [2.05, 4.69) is 44.0 Å². The van der Waals surface area contributed by atoms with Gasteiger partial charge in [0.2, 0.25) is 0 Å². The molecule has 0 saturated carbocycles. The third-order valence-corrected chi connectivity index (χ3v) is 4.17. The number of fused-ring (bicyclic) bond motifs is 3. The molecule has 0 atom stereocenters. The molecular weight excluding hydrogens is 373 g/mol. The molecule has 3 aromatic rings. The number of aliphatic carboxylic acids is 1. The number of hydrogen-bond donors (Lipinski definition) is 1. The van der Waals surface area contributed by atoms with Gasteiger partial charge in [0.25, 0.3) is 0 Å². The highest BCUT2D eigenvalue weighted by atomic mass is 19.4. The third kappa shape index (κ3) is 4.19. The number of hydrogen-bond acceptors (Lipinski definition) is 4. The van der Waals surface area contributed by atoms with Crippen LogP contribution in [0.2, 0.25) is 0 Å². The molecule has 28 heavy (non-hydrogen) atoms. The van der Waals surface area contributed by atoms with E-state index < -0.39 is 12.1 Å². The van der Waals surface area contributed by atoms with Crippen molar-refractivity contribution in [3.8, 4) is 17.2 Å². The van der Waals surface area contributed by atoms with Crippen LogP contribution in [-0.4, -0.2) is 37.0 Å². The van der Waals surface area contributed by atoms with Gasteiger partial charge in [0, 0.05) is 12.1 Å². The Morgan fingerprint density at radius 2 is 1.79 bits per heavy atom. The Bertz CT molecular complexity index is 999. The van der Waals surface area contributed by atoms with Crippen molar-refractivity contribution in [2.24, 2.45) is 0 Å². The molecule has 0 fully saturated rings. The van der Waals surface area contributed by atoms with Crippen molar-refractivity contribution in [2.45, 2.75) is 32.4 Å². The van der Waals surface area contributed by atoms with Crippen LogP contribution in [0.3, 0.4) is 0 Å². The highest BCUT2D eigenvalue weighted by Crippen LogP contribution is 2.28. The molecule has 0 spiro atoms. The number of carboxylic acid groups (broad SMARTS) is 1. The molecule has 1 aliphatic rings. The molecule has 1 aliphatic heterocycles. The van der Waals surface area contributed by atoms with Crippen LogP contribution in [0.1, 0.15) is 23.5 Å². The van der Waals surface area contributed by atoms with Gasteiger partial charge in [0.15, 0.2) is 5.82 Å². The number of carboxylic acids is 1. The maximum Gasteiger partial charge on any atom is 0.490 e. The number of aryl methyl sites for hydroxylation is 3. The highest BCUT2D eigenvalue weighted by molar-refractivity contribution is 5.73. The van der Waals surface area contributed by atoms with Gasteiger partial charge in [-0.1, -0.05) is 24.3 Å². The first-order valence-corrected chi connectivity index (χ1v) is 8.54. The zero-order valence-corrected chi connectivity index (χ0v) is 14.9. The number of benzene rings is 1. The van der Waals surface area contributed by atoms with Gasteiger partial charge >= 0.3 is 12.1 Å². The van der Waals surface area contributed by atoms with Crippen LogP contribution in [0.5, 0.6) is 0 Å². The predicted molar refractivity (Wildman–Crippen MR) is 95.0 cm³/mol. The maximum atomic E-state index is 10.6. The Morgan fingerprint density at radius 3 is 2.46 bits per heavy atom. The Labute approximate surface area is 158 Å². The average Bonchev–Trinajstić information content (AvgIpc) is 2.97. The molecule has 6 nitrogen and oxygen atoms in total. The van der Waals surface area contributed by atoms with Crippen LogP contribution in [0.25, 0.3) is 17.2 Å². The fourth-order valence-corrected chi connectivity index (χ4v) is 2.94. The number of rotatable bonds is 1. The zero-order valence-electron chi connectivity index (χ0n) is 14.9. The Morgan fingerprint density at radius 1 is 1.07 bits per heavy atom. The molecule has 2 aromatic heterocycles. The minimum absolute atomic E-state index is 0.836. The van der Waals surface area contributed by atoms with E-state index in [4.69, 9.17) is 9.90 Å². The van der Waals surface area contributed by atoms with E-state index in [9.17, 15) is 13.2 Å². The van der Waals surface area contributed by atoms with Crippen LogP contribution in [0.15, 0.2) is 42.5 Å². The lowest BCUT2D eigenvalue weighted by molar-refractivity contribution is -0.192. The van der Waals surface area contributed by atoms with Gasteiger partial charge in [-0.25, -0.2) is 9.78 Å². The zero-order chi connectivity index (χ0) is 20.3. The monoisotopic (exact) mass is 390 g/mol. The first-order chi connectivity index (χ1) is 13.3. The normalized spacial score (nSPS) is 12.9. The van der Waals surface area contributed by atoms with Crippen LogP contribution < -0.4 is 0 Å². The fourth-order valence-electron chi connectivity index (χ4n) is 2.94. The smallest absolute Gasteiger partial charge is 0.475 e. The number of carbonyl (C=O) groups is 1. The molecule has 9 heteroatoms. The summed E-state index contributed by atoms with van der Waals surface area (Å²) in [6, 6.07) is 14.5. The second kappa shape index (κ2) is 7.79. The Balaban J connectivity index is 0.000000279. The van der Waals surface area contributed by atoms with E-state index in [1.165, 1.54) is 11.3 Å². The quantitative estimate of drug-likeness (QED) is 0.684. The lowest BCUT2D eigenvalue weighted by Gasteiger charge is -2.11. The van der Waals surface area contributed by atoms with Gasteiger partial charge in [-0.05, 0) is 43.5 Å². The molecule has 146 valence electrons. The molecular formula is C19H17F3N4O2. The van der Waals surface area contributed by atoms with Gasteiger partial charge in [-0.3, -0.25) is 4.57 Å². The minimum atomic E-state index is -5.08. The molecule has 0 amide bonds. The van der Waals surface area contributed by atoms with Gasteiger partial charge < -0.3 is 5.11 Å². The first kappa shape index (κ1) is 19.5. The summed E-state index contributed by atoms with van der Waals surface area (Å²) in [7, 11) is 0. The van der Waals surface area contributed by atoms with Crippen LogP contribution >= 0.6 is 0 Å². The predicted octanol–water partition coefficient (Wildman–Crippen LogP) is 3.76. The van der Waals surface area contributed by atoms with Crippen LogP contribution in [0, 0.1) is 6.92 Å². The van der Waals surface area contributed by atoms with Gasteiger partial charge in [0.1, 0.15) is 11.5 Å². The van der Waals surface area contributed by atoms with Gasteiger partial charge in [-0.2, -0.15) is 13.2 Å². The van der Waals surface area contributed by atoms with E-state index in [0.717, 1.165) is 42.3 Å². The fraction of sp³-hybridized carbons (Fsp3) is 0.263. The molecule has 0 saturated heterocycles. The van der Waals surface area contributed by atoms with Crippen molar-refractivity contribution in [1.29, 1.82) is 0 Å². The second-order valence-corrected chi connectivity index (χ2v) is 6.22. The number of halogens is 3. The average molecular weight is 390 g/mol. The van der Waals surface area contributed by atoms with Crippen LogP contribution in [-0.2, 0) is 17.6 Å². The Kier molecular flexibility index (Phi) is 5.43. The Hall–Kier alpha value is -3.23. The summed E-state index contributed by atoms with van der Waals surface area (Å²) in [5, 5.41) is 15.9. The van der Waals surface area contributed by atoms with E-state index in [1.807, 2.05) is 25.1 Å². The lowest BCUT2D eigenvalue weighted by atomic mass is 10.1. The highest BCUT2D eigenvalue weighted by Gasteiger charge is 2.38. The summed E-state index contributed by atoms with van der Waals surface area (Å²) in [6.07, 6.45) is -1.94. The van der Waals surface area contributed by atoms with Crippen molar-refractivity contribution in [3.05, 3.63) is 59.5 Å². The molecule has 0 unspecified atom stereocenters. The molecule has 4 rings (SSSR count). The van der Waals surface area contributed by atoms with E-state index in [0.29, 0.717) is 0 Å². The van der Waals surface area contributed by atoms with E-state index in [1.54, 1.807) is 0 Å². The summed E-state index contributed by atoms with van der Waals surface area (Å²) >= 11 is 0. The van der Waals surface area contributed by atoms with Crippen molar-refractivity contribution in [3.63, 3.8) is 0 Å². The third-order valence-electron chi connectivity index (χ3n) is 4.17. The lowest BCUT2D eigenvalue weighted by Crippen LogP contribution is -2.21. The van der Waals surface area contributed by atoms with Crippen LogP contribution in [0.4, 0.5) is 13.2 Å². The molecule has 0 aliphatic carbocycles. The summed E-state index contributed by atoms with van der Waals surface area (Å²) in [5.74, 6) is -0.895. The standard InChI is InChI=1S/C17H16N4.C2HF3O2/c1-12-6-4-9-14(18-12)17-20-19-16-11-5-8-13-7-2-3-10-15(13)21(16)17;3-2(4,5)1(6)7/h2-4,6-7,9-10H,5,8,11H2,1H3;(H,6,7). The number of nitrogens with zero attached hydrogens (tertiary/aromatic N) is 4. The molecule has 0 radical (unpaired) electrons. The molecule has 1 N–H and O–H groups in total. The van der Waals surface area contributed by atoms with E-state index in [-0.39, 0.29) is 0 Å². The first-order valence-electron chi connectivity index (χ1n) is 8.54. The summed E-state index contributed by atoms with van der Waals surface area (Å²) in [4.78, 5) is 13.5. The second-order valence-electron chi connectivity index (χ2n) is 6.22. The van der Waals surface area contributed by atoms with Gasteiger partial charge in [-0.15, -0.1) is 10.2 Å². The van der Waals surface area contributed by atoms with Crippen molar-refractivity contribution >= 4 is 5.97 Å². The van der Waals surface area contributed by atoms with Crippen molar-refractivity contribution in [1.82, 2.24) is 19.7 Å². The van der Waals surface area contributed by atoms with Crippen molar-refractivity contribution in [2.75, 3.05) is 0 Å².